The fraction of sp³-hybridized carbons (Fsp3) is 0.208. The lowest BCUT2D eigenvalue weighted by atomic mass is 10.1. The molecule has 5 rings (SSSR count). The number of nitrogens with zero attached hydrogens (tertiary/aromatic N) is 4. The minimum absolute atomic E-state index is 0.102. The Labute approximate surface area is 198 Å². The zero-order chi connectivity index (χ0) is 22.2. The number of aromatic nitrogens is 3. The molecule has 0 N–H and O–H groups in total. The van der Waals surface area contributed by atoms with Gasteiger partial charge in [-0.3, -0.25) is 9.69 Å². The normalized spacial score (nSPS) is 11.5. The van der Waals surface area contributed by atoms with E-state index in [2.05, 4.69) is 31.0 Å². The van der Waals surface area contributed by atoms with Crippen molar-refractivity contribution in [3.8, 4) is 0 Å². The highest BCUT2D eigenvalue weighted by molar-refractivity contribution is 7.23. The standard InChI is InChI=1S/C24H21ClN4OS2/c1-15-12-16(2)21-18(13-15)27-24(32-21)29(10-5-9-28-11-8-26-14-28)23(30)22-20(25)17-6-3-4-7-19(17)31-22/h3-4,6-8,11-14H,5,9-10H2,1-2H3. The van der Waals surface area contributed by atoms with Gasteiger partial charge in [0.2, 0.25) is 0 Å². The lowest BCUT2D eigenvalue weighted by Gasteiger charge is -2.19. The number of anilines is 1. The van der Waals surface area contributed by atoms with Gasteiger partial charge < -0.3 is 4.57 Å². The molecule has 3 aromatic heterocycles. The number of rotatable bonds is 6. The maximum Gasteiger partial charge on any atom is 0.271 e. The number of fused-ring (bicyclic) bond motifs is 2. The van der Waals surface area contributed by atoms with Crippen LogP contribution in [0.2, 0.25) is 5.02 Å². The van der Waals surface area contributed by atoms with Crippen molar-refractivity contribution in [2.45, 2.75) is 26.8 Å². The van der Waals surface area contributed by atoms with Crippen molar-refractivity contribution in [2.24, 2.45) is 0 Å². The minimum Gasteiger partial charge on any atom is -0.337 e. The molecule has 0 spiro atoms. The summed E-state index contributed by atoms with van der Waals surface area (Å²) < 4.78 is 4.14. The molecule has 162 valence electrons. The van der Waals surface area contributed by atoms with Crippen LogP contribution >= 0.6 is 34.3 Å². The maximum absolute atomic E-state index is 13.8. The van der Waals surface area contributed by atoms with Crippen LogP contribution in [0.3, 0.4) is 0 Å². The van der Waals surface area contributed by atoms with Crippen molar-refractivity contribution >= 4 is 65.6 Å². The molecule has 1 amide bonds. The summed E-state index contributed by atoms with van der Waals surface area (Å²) in [4.78, 5) is 25.0. The van der Waals surface area contributed by atoms with Crippen LogP contribution in [0.25, 0.3) is 20.3 Å². The first kappa shape index (κ1) is 21.1. The number of hydrogen-bond acceptors (Lipinski definition) is 5. The molecule has 0 atom stereocenters. The first-order chi connectivity index (χ1) is 15.5. The van der Waals surface area contributed by atoms with E-state index in [1.54, 1.807) is 28.8 Å². The zero-order valence-electron chi connectivity index (χ0n) is 17.7. The molecule has 3 heterocycles. The van der Waals surface area contributed by atoms with Crippen molar-refractivity contribution < 1.29 is 4.79 Å². The van der Waals surface area contributed by atoms with Gasteiger partial charge in [-0.25, -0.2) is 9.97 Å². The summed E-state index contributed by atoms with van der Waals surface area (Å²) in [6.45, 7) is 5.47. The van der Waals surface area contributed by atoms with E-state index < -0.39 is 0 Å². The van der Waals surface area contributed by atoms with Gasteiger partial charge in [-0.1, -0.05) is 47.2 Å². The number of hydrogen-bond donors (Lipinski definition) is 0. The molecular weight excluding hydrogens is 460 g/mol. The van der Waals surface area contributed by atoms with Crippen molar-refractivity contribution in [2.75, 3.05) is 11.4 Å². The number of halogens is 1. The molecule has 5 nitrogen and oxygen atoms in total. The van der Waals surface area contributed by atoms with Crippen LogP contribution < -0.4 is 4.90 Å². The van der Waals surface area contributed by atoms with Crippen LogP contribution in [0.5, 0.6) is 0 Å². The SMILES string of the molecule is Cc1cc(C)c2sc(N(CCCn3ccnc3)C(=O)c3sc4ccccc4c3Cl)nc2c1. The quantitative estimate of drug-likeness (QED) is 0.271. The third-order valence-corrected chi connectivity index (χ3v) is 8.26. The molecule has 5 aromatic rings. The van der Waals surface area contributed by atoms with E-state index in [0.29, 0.717) is 21.6 Å². The highest BCUT2D eigenvalue weighted by Crippen LogP contribution is 2.38. The van der Waals surface area contributed by atoms with E-state index in [9.17, 15) is 4.79 Å². The summed E-state index contributed by atoms with van der Waals surface area (Å²) in [5.41, 5.74) is 3.27. The zero-order valence-corrected chi connectivity index (χ0v) is 20.1. The number of carbonyl (C=O) groups excluding carboxylic acids is 1. The predicted molar refractivity (Wildman–Crippen MR) is 134 cm³/mol. The summed E-state index contributed by atoms with van der Waals surface area (Å²) in [5, 5.41) is 2.14. The van der Waals surface area contributed by atoms with Crippen LogP contribution in [0.1, 0.15) is 27.2 Å². The Morgan fingerprint density at radius 1 is 1.19 bits per heavy atom. The van der Waals surface area contributed by atoms with E-state index in [0.717, 1.165) is 38.8 Å². The molecule has 0 aliphatic heterocycles. The molecule has 32 heavy (non-hydrogen) atoms. The maximum atomic E-state index is 13.8. The number of thiophene rings is 1. The lowest BCUT2D eigenvalue weighted by molar-refractivity contribution is 0.0990. The Balaban J connectivity index is 1.53. The van der Waals surface area contributed by atoms with Crippen molar-refractivity contribution in [3.05, 3.63) is 76.1 Å². The average molecular weight is 481 g/mol. The van der Waals surface area contributed by atoms with Crippen molar-refractivity contribution in [1.82, 2.24) is 14.5 Å². The van der Waals surface area contributed by atoms with Gasteiger partial charge in [-0.05, 0) is 43.5 Å². The van der Waals surface area contributed by atoms with Gasteiger partial charge in [0.15, 0.2) is 5.13 Å². The van der Waals surface area contributed by atoms with Crippen LogP contribution in [-0.4, -0.2) is 27.0 Å². The van der Waals surface area contributed by atoms with E-state index in [-0.39, 0.29) is 5.91 Å². The topological polar surface area (TPSA) is 51.0 Å². The van der Waals surface area contributed by atoms with E-state index in [4.69, 9.17) is 16.6 Å². The molecule has 0 bridgehead atoms. The molecular formula is C24H21ClN4OS2. The molecule has 0 radical (unpaired) electrons. The molecule has 0 fully saturated rings. The van der Waals surface area contributed by atoms with Gasteiger partial charge in [-0.2, -0.15) is 0 Å². The van der Waals surface area contributed by atoms with E-state index in [1.165, 1.54) is 16.9 Å². The Kier molecular flexibility index (Phi) is 5.71. The molecule has 2 aromatic carbocycles. The predicted octanol–water partition coefficient (Wildman–Crippen LogP) is 6.71. The fourth-order valence-corrected chi connectivity index (χ4v) is 6.37. The second-order valence-electron chi connectivity index (χ2n) is 7.78. The first-order valence-corrected chi connectivity index (χ1v) is 12.3. The Hall–Kier alpha value is -2.74. The number of carbonyl (C=O) groups is 1. The summed E-state index contributed by atoms with van der Waals surface area (Å²) in [5.74, 6) is -0.102. The van der Waals surface area contributed by atoms with Crippen LogP contribution in [0.4, 0.5) is 5.13 Å². The number of aryl methyl sites for hydroxylation is 3. The third kappa shape index (κ3) is 3.92. The first-order valence-electron chi connectivity index (χ1n) is 10.3. The summed E-state index contributed by atoms with van der Waals surface area (Å²) in [7, 11) is 0. The Morgan fingerprint density at radius 3 is 2.81 bits per heavy atom. The van der Waals surface area contributed by atoms with Gasteiger partial charge in [0.1, 0.15) is 4.88 Å². The highest BCUT2D eigenvalue weighted by Gasteiger charge is 2.26. The fourth-order valence-electron chi connectivity index (χ4n) is 3.87. The molecule has 0 saturated heterocycles. The van der Waals surface area contributed by atoms with Crippen molar-refractivity contribution in [1.29, 1.82) is 0 Å². The van der Waals surface area contributed by atoms with Crippen molar-refractivity contribution in [3.63, 3.8) is 0 Å². The van der Waals surface area contributed by atoms with Crippen LogP contribution in [-0.2, 0) is 6.54 Å². The second kappa shape index (κ2) is 8.65. The number of benzene rings is 2. The summed E-state index contributed by atoms with van der Waals surface area (Å²) >= 11 is 9.65. The van der Waals surface area contributed by atoms with Crippen LogP contribution in [0, 0.1) is 13.8 Å². The van der Waals surface area contributed by atoms with Gasteiger partial charge in [0.25, 0.3) is 5.91 Å². The Morgan fingerprint density at radius 2 is 2.03 bits per heavy atom. The van der Waals surface area contributed by atoms with Gasteiger partial charge in [0.05, 0.1) is 21.6 Å². The monoisotopic (exact) mass is 480 g/mol. The number of thiazole rings is 1. The van der Waals surface area contributed by atoms with Gasteiger partial charge in [-0.15, -0.1) is 11.3 Å². The van der Waals surface area contributed by atoms with Gasteiger partial charge >= 0.3 is 0 Å². The minimum atomic E-state index is -0.102. The molecule has 0 aliphatic rings. The average Bonchev–Trinajstić information content (AvgIpc) is 3.50. The molecule has 8 heteroatoms. The summed E-state index contributed by atoms with van der Waals surface area (Å²) in [6, 6.07) is 12.1. The number of amides is 1. The second-order valence-corrected chi connectivity index (χ2v) is 10.2. The van der Waals surface area contributed by atoms with Crippen LogP contribution in [0.15, 0.2) is 55.1 Å². The third-order valence-electron chi connectivity index (χ3n) is 5.37. The van der Waals surface area contributed by atoms with E-state index in [1.807, 2.05) is 35.0 Å². The van der Waals surface area contributed by atoms with Gasteiger partial charge in [0, 0.05) is 35.6 Å². The number of imidazole rings is 1. The van der Waals surface area contributed by atoms with E-state index >= 15 is 0 Å². The molecule has 0 aliphatic carbocycles. The molecule has 0 unspecified atom stereocenters. The smallest absolute Gasteiger partial charge is 0.271 e. The lowest BCUT2D eigenvalue weighted by Crippen LogP contribution is -2.32. The highest BCUT2D eigenvalue weighted by atomic mass is 35.5. The largest absolute Gasteiger partial charge is 0.337 e. The summed E-state index contributed by atoms with van der Waals surface area (Å²) in [6.07, 6.45) is 6.26. The Bertz CT molecular complexity index is 1420. The molecule has 0 saturated carbocycles.